The average molecular weight is 491 g/mol. The topological polar surface area (TPSA) is 76.2 Å². The first-order valence-corrected chi connectivity index (χ1v) is 11.4. The second-order valence-electron chi connectivity index (χ2n) is 7.23. The molecule has 1 unspecified atom stereocenters. The molecule has 0 N–H and O–H groups in total. The molecule has 0 radical (unpaired) electrons. The van der Waals surface area contributed by atoms with Crippen molar-refractivity contribution in [3.05, 3.63) is 53.1 Å². The van der Waals surface area contributed by atoms with Crippen LogP contribution in [0.5, 0.6) is 11.5 Å². The zero-order valence-electron chi connectivity index (χ0n) is 16.5. The second kappa shape index (κ2) is 8.45. The summed E-state index contributed by atoms with van der Waals surface area (Å²) >= 11 is 5.58. The van der Waals surface area contributed by atoms with E-state index in [2.05, 4.69) is 0 Å². The molecule has 32 heavy (non-hydrogen) atoms. The number of nitrogens with zero attached hydrogens (tertiary/aromatic N) is 2. The van der Waals surface area contributed by atoms with Crippen LogP contribution in [0.15, 0.2) is 47.4 Å². The molecule has 2 aliphatic rings. The van der Waals surface area contributed by atoms with Crippen LogP contribution in [0.3, 0.4) is 0 Å². The minimum absolute atomic E-state index is 0.0271. The fourth-order valence-electron chi connectivity index (χ4n) is 3.52. The first kappa shape index (κ1) is 22.7. The maximum Gasteiger partial charge on any atom is 0.417 e. The first-order valence-electron chi connectivity index (χ1n) is 9.61. The smallest absolute Gasteiger partial charge is 0.417 e. The molecule has 1 saturated heterocycles. The molecule has 2 aromatic carbocycles. The predicted molar refractivity (Wildman–Crippen MR) is 108 cm³/mol. The van der Waals surface area contributed by atoms with Gasteiger partial charge in [0.05, 0.1) is 15.5 Å². The number of alkyl halides is 3. The van der Waals surface area contributed by atoms with Crippen molar-refractivity contribution in [2.75, 3.05) is 32.8 Å². The summed E-state index contributed by atoms with van der Waals surface area (Å²) in [4.78, 5) is 13.7. The van der Waals surface area contributed by atoms with Gasteiger partial charge in [0.2, 0.25) is 16.1 Å². The number of halogens is 4. The van der Waals surface area contributed by atoms with Gasteiger partial charge in [-0.05, 0) is 30.3 Å². The van der Waals surface area contributed by atoms with Crippen molar-refractivity contribution in [1.29, 1.82) is 0 Å². The van der Waals surface area contributed by atoms with Gasteiger partial charge in [0.15, 0.2) is 11.5 Å². The molecule has 1 atom stereocenters. The van der Waals surface area contributed by atoms with Gasteiger partial charge >= 0.3 is 6.18 Å². The number of fused-ring (bicyclic) bond motifs is 1. The number of sulfonamides is 1. The van der Waals surface area contributed by atoms with E-state index in [1.165, 1.54) is 4.90 Å². The van der Waals surface area contributed by atoms with Gasteiger partial charge in [-0.1, -0.05) is 23.7 Å². The quantitative estimate of drug-likeness (QED) is 0.661. The molecule has 2 aliphatic heterocycles. The lowest BCUT2D eigenvalue weighted by atomic mass is 10.2. The molecule has 1 amide bonds. The average Bonchev–Trinajstić information content (AvgIpc) is 2.77. The normalized spacial score (nSPS) is 19.6. The number of rotatable bonds is 3. The summed E-state index contributed by atoms with van der Waals surface area (Å²) in [6.45, 7) is 0.0301. The van der Waals surface area contributed by atoms with E-state index in [1.54, 1.807) is 24.3 Å². The highest BCUT2D eigenvalue weighted by Gasteiger charge is 2.38. The maximum atomic E-state index is 13.1. The molecular formula is C20H18ClF3N2O5S. The summed E-state index contributed by atoms with van der Waals surface area (Å²) in [7, 11) is -4.19. The van der Waals surface area contributed by atoms with E-state index in [9.17, 15) is 26.4 Å². The van der Waals surface area contributed by atoms with E-state index < -0.39 is 37.8 Å². The number of ether oxygens (including phenoxy) is 2. The maximum absolute atomic E-state index is 13.1. The monoisotopic (exact) mass is 490 g/mol. The van der Waals surface area contributed by atoms with Crippen LogP contribution in [0.4, 0.5) is 13.2 Å². The summed E-state index contributed by atoms with van der Waals surface area (Å²) in [6.07, 6.45) is -5.65. The molecule has 1 fully saturated rings. The van der Waals surface area contributed by atoms with Gasteiger partial charge in [-0.3, -0.25) is 4.79 Å². The van der Waals surface area contributed by atoms with Gasteiger partial charge in [0, 0.05) is 26.2 Å². The summed E-state index contributed by atoms with van der Waals surface area (Å²) in [5.74, 6) is 0.637. The van der Waals surface area contributed by atoms with Crippen molar-refractivity contribution < 1.29 is 35.9 Å². The lowest BCUT2D eigenvalue weighted by Crippen LogP contribution is -2.55. The molecular weight excluding hydrogens is 473 g/mol. The van der Waals surface area contributed by atoms with Gasteiger partial charge in [-0.15, -0.1) is 0 Å². The summed E-state index contributed by atoms with van der Waals surface area (Å²) in [5, 5.41) is -0.580. The highest BCUT2D eigenvalue weighted by Crippen LogP contribution is 2.36. The Balaban J connectivity index is 1.43. The van der Waals surface area contributed by atoms with Crippen molar-refractivity contribution in [1.82, 2.24) is 9.21 Å². The standard InChI is InChI=1S/C20H18ClF3N2O5S/c21-15-6-5-13(11-14(15)20(22,23)24)32(28,29)26-9-7-25(8-10-26)19(27)18-12-30-16-3-1-2-4-17(16)31-18/h1-6,11,18H,7-10,12H2. The van der Waals surface area contributed by atoms with E-state index >= 15 is 0 Å². The van der Waals surface area contributed by atoms with Crippen LogP contribution in [0.25, 0.3) is 0 Å². The van der Waals surface area contributed by atoms with Crippen LogP contribution in [0, 0.1) is 0 Å². The number of piperazine rings is 1. The van der Waals surface area contributed by atoms with Crippen LogP contribution < -0.4 is 9.47 Å². The van der Waals surface area contributed by atoms with E-state index in [0.29, 0.717) is 17.6 Å². The van der Waals surface area contributed by atoms with Crippen molar-refractivity contribution in [2.45, 2.75) is 17.2 Å². The van der Waals surface area contributed by atoms with E-state index in [0.717, 1.165) is 16.4 Å². The Morgan fingerprint density at radius 3 is 2.34 bits per heavy atom. The van der Waals surface area contributed by atoms with Crippen LogP contribution >= 0.6 is 11.6 Å². The lowest BCUT2D eigenvalue weighted by Gasteiger charge is -2.36. The third-order valence-electron chi connectivity index (χ3n) is 5.22. The summed E-state index contributed by atoms with van der Waals surface area (Å²) in [6, 6.07) is 9.41. The van der Waals surface area contributed by atoms with E-state index in [1.807, 2.05) is 0 Å². The molecule has 0 aromatic heterocycles. The molecule has 4 rings (SSSR count). The van der Waals surface area contributed by atoms with E-state index in [4.69, 9.17) is 21.1 Å². The Morgan fingerprint density at radius 2 is 1.69 bits per heavy atom. The third kappa shape index (κ3) is 4.37. The van der Waals surface area contributed by atoms with E-state index in [-0.39, 0.29) is 38.7 Å². The molecule has 0 saturated carbocycles. The molecule has 7 nitrogen and oxygen atoms in total. The zero-order valence-corrected chi connectivity index (χ0v) is 18.1. The molecule has 12 heteroatoms. The Bertz CT molecular complexity index is 1130. The molecule has 2 aromatic rings. The second-order valence-corrected chi connectivity index (χ2v) is 9.58. The number of carbonyl (C=O) groups excluding carboxylic acids is 1. The number of para-hydroxylation sites is 2. The van der Waals surface area contributed by atoms with Crippen molar-refractivity contribution >= 4 is 27.5 Å². The SMILES string of the molecule is O=C(C1COc2ccccc2O1)N1CCN(S(=O)(=O)c2ccc(Cl)c(C(F)(F)F)c2)CC1. The molecule has 2 heterocycles. The van der Waals surface area contributed by atoms with Crippen LogP contribution in [0.2, 0.25) is 5.02 Å². The number of hydrogen-bond donors (Lipinski definition) is 0. The van der Waals surface area contributed by atoms with Crippen molar-refractivity contribution in [3.63, 3.8) is 0 Å². The fourth-order valence-corrected chi connectivity index (χ4v) is 5.20. The minimum atomic E-state index is -4.78. The lowest BCUT2D eigenvalue weighted by molar-refractivity contribution is -0.142. The van der Waals surface area contributed by atoms with Gasteiger partial charge in [-0.25, -0.2) is 8.42 Å². The largest absolute Gasteiger partial charge is 0.485 e. The number of benzene rings is 2. The summed E-state index contributed by atoms with van der Waals surface area (Å²) in [5.41, 5.74) is -1.22. The van der Waals surface area contributed by atoms with Crippen LogP contribution in [-0.4, -0.2) is 62.4 Å². The number of amides is 1. The molecule has 0 aliphatic carbocycles. The number of carbonyl (C=O) groups is 1. The van der Waals surface area contributed by atoms with Crippen molar-refractivity contribution in [3.8, 4) is 11.5 Å². The van der Waals surface area contributed by atoms with Crippen molar-refractivity contribution in [2.24, 2.45) is 0 Å². The summed E-state index contributed by atoms with van der Waals surface area (Å²) < 4.78 is 77.3. The Hall–Kier alpha value is -2.50. The molecule has 0 spiro atoms. The molecule has 0 bridgehead atoms. The Morgan fingerprint density at radius 1 is 1.03 bits per heavy atom. The van der Waals surface area contributed by atoms with Crippen LogP contribution in [0.1, 0.15) is 5.56 Å². The predicted octanol–water partition coefficient (Wildman–Crippen LogP) is 3.03. The van der Waals surface area contributed by atoms with Gasteiger partial charge in [-0.2, -0.15) is 17.5 Å². The van der Waals surface area contributed by atoms with Gasteiger partial charge in [0.25, 0.3) is 5.91 Å². The zero-order chi connectivity index (χ0) is 23.1. The minimum Gasteiger partial charge on any atom is -0.485 e. The third-order valence-corrected chi connectivity index (χ3v) is 7.44. The Kier molecular flexibility index (Phi) is 5.99. The number of hydrogen-bond acceptors (Lipinski definition) is 5. The fraction of sp³-hybridized carbons (Fsp3) is 0.350. The van der Waals surface area contributed by atoms with Crippen LogP contribution in [-0.2, 0) is 21.0 Å². The van der Waals surface area contributed by atoms with Gasteiger partial charge < -0.3 is 14.4 Å². The highest BCUT2D eigenvalue weighted by atomic mass is 35.5. The molecule has 172 valence electrons. The highest BCUT2D eigenvalue weighted by molar-refractivity contribution is 7.89. The Labute approximate surface area is 187 Å². The van der Waals surface area contributed by atoms with Gasteiger partial charge in [0.1, 0.15) is 6.61 Å². The first-order chi connectivity index (χ1) is 15.1.